The maximum absolute atomic E-state index is 13.9. The number of halogens is 2. The largest absolute Gasteiger partial charge is 0.318 e. The molecule has 3 heteroatoms. The molecule has 0 spiro atoms. The Kier molecular flexibility index (Phi) is 3.42. The van der Waals surface area contributed by atoms with Crippen LogP contribution in [0.15, 0.2) is 42.5 Å². The molecule has 0 bridgehead atoms. The van der Waals surface area contributed by atoms with Crippen LogP contribution in [0.2, 0.25) is 5.02 Å². The number of rotatable bonds is 2. The average molecular weight is 264 g/mol. The zero-order valence-corrected chi connectivity index (χ0v) is 11.1. The van der Waals surface area contributed by atoms with Gasteiger partial charge >= 0.3 is 0 Å². The van der Waals surface area contributed by atoms with E-state index >= 15 is 0 Å². The molecular weight excluding hydrogens is 249 g/mol. The topological polar surface area (TPSA) is 26.0 Å². The molecule has 2 rings (SSSR count). The molecule has 0 radical (unpaired) electrons. The molecule has 94 valence electrons. The van der Waals surface area contributed by atoms with Crippen LogP contribution in [0.4, 0.5) is 4.39 Å². The maximum atomic E-state index is 13.9. The molecule has 2 aromatic carbocycles. The standard InChI is InChI=1S/C15H15ClFN/c1-10-6-7-14(17)13(8-10)15(2,18)11-4-3-5-12(16)9-11/h3-9H,18H2,1-2H3. The highest BCUT2D eigenvalue weighted by Crippen LogP contribution is 2.30. The minimum atomic E-state index is -0.902. The zero-order valence-electron chi connectivity index (χ0n) is 10.4. The van der Waals surface area contributed by atoms with Gasteiger partial charge in [-0.3, -0.25) is 0 Å². The van der Waals surface area contributed by atoms with Crippen LogP contribution in [0, 0.1) is 12.7 Å². The number of hydrogen-bond acceptors (Lipinski definition) is 1. The van der Waals surface area contributed by atoms with Gasteiger partial charge in [-0.2, -0.15) is 0 Å². The number of nitrogens with two attached hydrogens (primary N) is 1. The maximum Gasteiger partial charge on any atom is 0.128 e. The van der Waals surface area contributed by atoms with Gasteiger partial charge in [0.15, 0.2) is 0 Å². The first-order valence-corrected chi connectivity index (χ1v) is 6.10. The molecule has 0 aromatic heterocycles. The Morgan fingerprint density at radius 3 is 2.56 bits per heavy atom. The molecule has 2 N–H and O–H groups in total. The first kappa shape index (κ1) is 13.1. The van der Waals surface area contributed by atoms with E-state index in [2.05, 4.69) is 0 Å². The van der Waals surface area contributed by atoms with Gasteiger partial charge in [0.2, 0.25) is 0 Å². The van der Waals surface area contributed by atoms with Crippen molar-refractivity contribution < 1.29 is 4.39 Å². The summed E-state index contributed by atoms with van der Waals surface area (Å²) in [4.78, 5) is 0. The van der Waals surface area contributed by atoms with E-state index < -0.39 is 5.54 Å². The van der Waals surface area contributed by atoms with Crippen molar-refractivity contribution in [3.63, 3.8) is 0 Å². The van der Waals surface area contributed by atoms with Gasteiger partial charge in [0.1, 0.15) is 5.82 Å². The summed E-state index contributed by atoms with van der Waals surface area (Å²) >= 11 is 5.96. The highest BCUT2D eigenvalue weighted by Gasteiger charge is 2.27. The summed E-state index contributed by atoms with van der Waals surface area (Å²) in [5.74, 6) is -0.300. The van der Waals surface area contributed by atoms with E-state index in [0.717, 1.165) is 11.1 Å². The summed E-state index contributed by atoms with van der Waals surface area (Å²) in [7, 11) is 0. The fraction of sp³-hybridized carbons (Fsp3) is 0.200. The summed E-state index contributed by atoms with van der Waals surface area (Å²) < 4.78 is 13.9. The monoisotopic (exact) mass is 263 g/mol. The number of benzene rings is 2. The SMILES string of the molecule is Cc1ccc(F)c(C(C)(N)c2cccc(Cl)c2)c1. The third-order valence-electron chi connectivity index (χ3n) is 3.11. The molecule has 0 aliphatic heterocycles. The highest BCUT2D eigenvalue weighted by atomic mass is 35.5. The third-order valence-corrected chi connectivity index (χ3v) is 3.34. The summed E-state index contributed by atoms with van der Waals surface area (Å²) in [6.07, 6.45) is 0. The van der Waals surface area contributed by atoms with Crippen molar-refractivity contribution in [1.29, 1.82) is 0 Å². The van der Waals surface area contributed by atoms with Gasteiger partial charge in [-0.05, 0) is 37.6 Å². The van der Waals surface area contributed by atoms with Crippen molar-refractivity contribution in [2.45, 2.75) is 19.4 Å². The van der Waals surface area contributed by atoms with E-state index in [4.69, 9.17) is 17.3 Å². The average Bonchev–Trinajstić information content (AvgIpc) is 2.32. The Morgan fingerprint density at radius 1 is 1.17 bits per heavy atom. The summed E-state index contributed by atoms with van der Waals surface area (Å²) in [6, 6.07) is 12.2. The second-order valence-corrected chi connectivity index (χ2v) is 5.13. The van der Waals surface area contributed by atoms with Gasteiger partial charge in [0.25, 0.3) is 0 Å². The molecule has 0 aliphatic carbocycles. The fourth-order valence-electron chi connectivity index (χ4n) is 2.00. The highest BCUT2D eigenvalue weighted by molar-refractivity contribution is 6.30. The van der Waals surface area contributed by atoms with E-state index in [0.29, 0.717) is 10.6 Å². The van der Waals surface area contributed by atoms with Crippen LogP contribution in [-0.2, 0) is 5.54 Å². The smallest absolute Gasteiger partial charge is 0.128 e. The second-order valence-electron chi connectivity index (χ2n) is 4.70. The van der Waals surface area contributed by atoms with Crippen LogP contribution >= 0.6 is 11.6 Å². The van der Waals surface area contributed by atoms with Gasteiger partial charge in [0.05, 0.1) is 5.54 Å². The van der Waals surface area contributed by atoms with Gasteiger partial charge in [0, 0.05) is 10.6 Å². The first-order valence-electron chi connectivity index (χ1n) is 5.73. The Labute approximate surface area is 111 Å². The van der Waals surface area contributed by atoms with E-state index in [1.165, 1.54) is 6.07 Å². The molecule has 18 heavy (non-hydrogen) atoms. The van der Waals surface area contributed by atoms with Crippen LogP contribution in [0.3, 0.4) is 0 Å². The summed E-state index contributed by atoms with van der Waals surface area (Å²) in [5.41, 5.74) is 7.64. The Hall–Kier alpha value is -1.38. The van der Waals surface area contributed by atoms with E-state index in [9.17, 15) is 4.39 Å². The van der Waals surface area contributed by atoms with Crippen LogP contribution in [0.25, 0.3) is 0 Å². The molecule has 1 unspecified atom stereocenters. The number of aryl methyl sites for hydroxylation is 1. The molecular formula is C15H15ClFN. The van der Waals surface area contributed by atoms with Crippen molar-refractivity contribution in [2.75, 3.05) is 0 Å². The molecule has 0 aliphatic rings. The molecule has 0 saturated heterocycles. The van der Waals surface area contributed by atoms with Crippen molar-refractivity contribution in [3.05, 3.63) is 70.0 Å². The third kappa shape index (κ3) is 2.40. The van der Waals surface area contributed by atoms with E-state index in [-0.39, 0.29) is 5.82 Å². The fourth-order valence-corrected chi connectivity index (χ4v) is 2.19. The predicted molar refractivity (Wildman–Crippen MR) is 73.2 cm³/mol. The summed E-state index contributed by atoms with van der Waals surface area (Å²) in [6.45, 7) is 3.70. The first-order chi connectivity index (χ1) is 8.41. The molecule has 1 nitrogen and oxygen atoms in total. The van der Waals surface area contributed by atoms with Crippen molar-refractivity contribution in [2.24, 2.45) is 5.73 Å². The molecule has 1 atom stereocenters. The predicted octanol–water partition coefficient (Wildman–Crippen LogP) is 4.01. The quantitative estimate of drug-likeness (QED) is 0.870. The normalized spacial score (nSPS) is 14.3. The van der Waals surface area contributed by atoms with Crippen LogP contribution in [-0.4, -0.2) is 0 Å². The molecule has 0 fully saturated rings. The van der Waals surface area contributed by atoms with Gasteiger partial charge < -0.3 is 5.73 Å². The van der Waals surface area contributed by atoms with Crippen LogP contribution in [0.1, 0.15) is 23.6 Å². The molecule has 0 heterocycles. The molecule has 2 aromatic rings. The van der Waals surface area contributed by atoms with Crippen LogP contribution in [0.5, 0.6) is 0 Å². The van der Waals surface area contributed by atoms with E-state index in [1.54, 1.807) is 31.2 Å². The van der Waals surface area contributed by atoms with Gasteiger partial charge in [-0.25, -0.2) is 4.39 Å². The minimum absolute atomic E-state index is 0.300. The van der Waals surface area contributed by atoms with Crippen molar-refractivity contribution in [1.82, 2.24) is 0 Å². The van der Waals surface area contributed by atoms with Crippen LogP contribution < -0.4 is 5.73 Å². The van der Waals surface area contributed by atoms with Crippen molar-refractivity contribution >= 4 is 11.6 Å². The minimum Gasteiger partial charge on any atom is -0.318 e. The Bertz CT molecular complexity index is 578. The van der Waals surface area contributed by atoms with E-state index in [1.807, 2.05) is 19.1 Å². The van der Waals surface area contributed by atoms with Gasteiger partial charge in [-0.15, -0.1) is 0 Å². The number of hydrogen-bond donors (Lipinski definition) is 1. The summed E-state index contributed by atoms with van der Waals surface area (Å²) in [5, 5.41) is 0.595. The lowest BCUT2D eigenvalue weighted by atomic mass is 9.85. The Morgan fingerprint density at radius 2 is 1.89 bits per heavy atom. The lowest BCUT2D eigenvalue weighted by molar-refractivity contribution is 0.530. The lowest BCUT2D eigenvalue weighted by Crippen LogP contribution is -2.35. The molecule has 0 amide bonds. The Balaban J connectivity index is 2.57. The second kappa shape index (κ2) is 4.71. The molecule has 0 saturated carbocycles. The lowest BCUT2D eigenvalue weighted by Gasteiger charge is -2.27. The van der Waals surface area contributed by atoms with Gasteiger partial charge in [-0.1, -0.05) is 41.4 Å². The zero-order chi connectivity index (χ0) is 13.3. The van der Waals surface area contributed by atoms with Crippen molar-refractivity contribution in [3.8, 4) is 0 Å².